The average Bonchev–Trinajstić information content (AvgIpc) is 2.99. The summed E-state index contributed by atoms with van der Waals surface area (Å²) >= 11 is 0. The maximum atomic E-state index is 12.1. The van der Waals surface area contributed by atoms with Gasteiger partial charge in [0.2, 0.25) is 0 Å². The van der Waals surface area contributed by atoms with Crippen LogP contribution in [0.2, 0.25) is 0 Å². The highest BCUT2D eigenvalue weighted by Gasteiger charge is 2.10. The van der Waals surface area contributed by atoms with Gasteiger partial charge in [0.25, 0.3) is 0 Å². The van der Waals surface area contributed by atoms with Gasteiger partial charge in [-0.3, -0.25) is 9.59 Å². The number of rotatable bonds is 35. The first-order chi connectivity index (χ1) is 21.5. The number of nitrogens with one attached hydrogen (secondary N) is 2. The number of hydrogen-bond acceptors (Lipinski definition) is 6. The second-order valence-corrected chi connectivity index (χ2v) is 13.2. The Morgan fingerprint density at radius 2 is 0.705 bits per heavy atom. The van der Waals surface area contributed by atoms with E-state index >= 15 is 0 Å². The summed E-state index contributed by atoms with van der Waals surface area (Å²) in [6.07, 6.45) is 32.1. The molecule has 0 radical (unpaired) electrons. The molecule has 0 bridgehead atoms. The molecule has 2 N–H and O–H groups in total. The van der Waals surface area contributed by atoms with E-state index in [-0.39, 0.29) is 24.1 Å². The summed E-state index contributed by atoms with van der Waals surface area (Å²) in [5.74, 6) is -0.240. The van der Waals surface area contributed by atoms with Crippen LogP contribution in [0.4, 0.5) is 0 Å². The molecule has 44 heavy (non-hydrogen) atoms. The number of hydrogen-bond donors (Lipinski definition) is 2. The van der Waals surface area contributed by atoms with Crippen molar-refractivity contribution in [3.8, 4) is 0 Å². The lowest BCUT2D eigenvalue weighted by Crippen LogP contribution is -2.31. The third-order valence-electron chi connectivity index (χ3n) is 8.58. The Bertz CT molecular complexity index is 616. The Hall–Kier alpha value is -1.14. The molecule has 0 aliphatic carbocycles. The van der Waals surface area contributed by atoms with Gasteiger partial charge in [-0.1, -0.05) is 142 Å². The van der Waals surface area contributed by atoms with E-state index in [9.17, 15) is 9.59 Å². The third kappa shape index (κ3) is 33.7. The first kappa shape index (κ1) is 42.9. The van der Waals surface area contributed by atoms with Crippen molar-refractivity contribution in [2.75, 3.05) is 26.2 Å². The van der Waals surface area contributed by atoms with Crippen molar-refractivity contribution in [2.24, 2.45) is 0 Å². The van der Waals surface area contributed by atoms with Crippen molar-refractivity contribution < 1.29 is 19.1 Å². The Labute approximate surface area is 274 Å². The van der Waals surface area contributed by atoms with Crippen molar-refractivity contribution in [2.45, 2.75) is 207 Å². The third-order valence-corrected chi connectivity index (χ3v) is 8.58. The molecule has 0 rings (SSSR count). The summed E-state index contributed by atoms with van der Waals surface area (Å²) in [6, 6.07) is 0. The van der Waals surface area contributed by atoms with Gasteiger partial charge in [-0.15, -0.1) is 0 Å². The molecule has 0 heterocycles. The predicted molar refractivity (Wildman–Crippen MR) is 188 cm³/mol. The van der Waals surface area contributed by atoms with Crippen LogP contribution in [0, 0.1) is 0 Å². The van der Waals surface area contributed by atoms with Crippen molar-refractivity contribution in [1.82, 2.24) is 10.6 Å². The average molecular weight is 625 g/mol. The monoisotopic (exact) mass is 625 g/mol. The number of carbonyl (C=O) groups excluding carboxylic acids is 2. The van der Waals surface area contributed by atoms with Gasteiger partial charge >= 0.3 is 11.9 Å². The summed E-state index contributed by atoms with van der Waals surface area (Å²) in [5, 5.41) is 6.55. The van der Waals surface area contributed by atoms with E-state index in [0.29, 0.717) is 25.9 Å². The molecule has 0 saturated heterocycles. The molecule has 0 saturated carbocycles. The SMILES string of the molecule is CCCCCCCCCCCCCCCCC(C)OC(=O)CCNCCNCCC(=O)OC(C)CCCCCCCCCC. The van der Waals surface area contributed by atoms with Gasteiger partial charge in [-0.25, -0.2) is 0 Å². The summed E-state index contributed by atoms with van der Waals surface area (Å²) in [4.78, 5) is 24.2. The molecule has 0 aliphatic rings. The first-order valence-corrected chi connectivity index (χ1v) is 19.3. The zero-order chi connectivity index (χ0) is 32.4. The summed E-state index contributed by atoms with van der Waals surface area (Å²) in [7, 11) is 0. The van der Waals surface area contributed by atoms with Crippen LogP contribution in [0.1, 0.15) is 195 Å². The van der Waals surface area contributed by atoms with Crippen LogP contribution >= 0.6 is 0 Å². The minimum absolute atomic E-state index is 0.00397. The molecule has 2 atom stereocenters. The minimum atomic E-state index is -0.122. The second kappa shape index (κ2) is 34.7. The van der Waals surface area contributed by atoms with Gasteiger partial charge in [0.05, 0.1) is 25.0 Å². The molecular formula is C38H76N2O4. The van der Waals surface area contributed by atoms with E-state index in [1.165, 1.54) is 128 Å². The quantitative estimate of drug-likeness (QED) is 0.0540. The number of ether oxygens (including phenoxy) is 2. The lowest BCUT2D eigenvalue weighted by Gasteiger charge is -2.14. The smallest absolute Gasteiger partial charge is 0.307 e. The fraction of sp³-hybridized carbons (Fsp3) is 0.947. The highest BCUT2D eigenvalue weighted by molar-refractivity contribution is 5.70. The normalized spacial score (nSPS) is 12.7. The van der Waals surface area contributed by atoms with Crippen LogP contribution in [0.3, 0.4) is 0 Å². The van der Waals surface area contributed by atoms with Gasteiger partial charge < -0.3 is 20.1 Å². The number of esters is 2. The van der Waals surface area contributed by atoms with Gasteiger partial charge in [-0.05, 0) is 39.5 Å². The maximum Gasteiger partial charge on any atom is 0.307 e. The minimum Gasteiger partial charge on any atom is -0.463 e. The topological polar surface area (TPSA) is 76.7 Å². The van der Waals surface area contributed by atoms with Gasteiger partial charge in [0.15, 0.2) is 0 Å². The van der Waals surface area contributed by atoms with Crippen LogP contribution < -0.4 is 10.6 Å². The summed E-state index contributed by atoms with van der Waals surface area (Å²) in [6.45, 7) is 11.3. The molecule has 0 amide bonds. The van der Waals surface area contributed by atoms with Gasteiger partial charge in [-0.2, -0.15) is 0 Å². The van der Waals surface area contributed by atoms with Gasteiger partial charge in [0.1, 0.15) is 0 Å². The summed E-state index contributed by atoms with van der Waals surface area (Å²) in [5.41, 5.74) is 0. The molecule has 0 aromatic heterocycles. The van der Waals surface area contributed by atoms with Crippen molar-refractivity contribution in [3.05, 3.63) is 0 Å². The van der Waals surface area contributed by atoms with Crippen LogP contribution in [0.25, 0.3) is 0 Å². The zero-order valence-electron chi connectivity index (χ0n) is 30.0. The maximum absolute atomic E-state index is 12.1. The Morgan fingerprint density at radius 3 is 1.00 bits per heavy atom. The molecule has 6 nitrogen and oxygen atoms in total. The molecule has 0 spiro atoms. The second-order valence-electron chi connectivity index (χ2n) is 13.2. The Morgan fingerprint density at radius 1 is 0.432 bits per heavy atom. The van der Waals surface area contributed by atoms with Crippen LogP contribution in [0.5, 0.6) is 0 Å². The van der Waals surface area contributed by atoms with Crippen molar-refractivity contribution >= 4 is 11.9 Å². The van der Waals surface area contributed by atoms with E-state index in [1.807, 2.05) is 13.8 Å². The largest absolute Gasteiger partial charge is 0.463 e. The van der Waals surface area contributed by atoms with Crippen molar-refractivity contribution in [1.29, 1.82) is 0 Å². The molecular weight excluding hydrogens is 548 g/mol. The predicted octanol–water partition coefficient (Wildman–Crippen LogP) is 10.2. The van der Waals surface area contributed by atoms with E-state index in [0.717, 1.165) is 38.8 Å². The molecule has 262 valence electrons. The van der Waals surface area contributed by atoms with Crippen LogP contribution in [-0.2, 0) is 19.1 Å². The molecule has 6 heteroatoms. The molecule has 0 aromatic rings. The Kier molecular flexibility index (Phi) is 33.8. The fourth-order valence-electron chi connectivity index (χ4n) is 5.68. The highest BCUT2D eigenvalue weighted by Crippen LogP contribution is 2.15. The Balaban J connectivity index is 3.43. The fourth-order valence-corrected chi connectivity index (χ4v) is 5.68. The highest BCUT2D eigenvalue weighted by atomic mass is 16.5. The lowest BCUT2D eigenvalue weighted by molar-refractivity contribution is -0.149. The van der Waals surface area contributed by atoms with Crippen LogP contribution in [0.15, 0.2) is 0 Å². The summed E-state index contributed by atoms with van der Waals surface area (Å²) < 4.78 is 11.1. The van der Waals surface area contributed by atoms with E-state index < -0.39 is 0 Å². The molecule has 0 aliphatic heterocycles. The number of unbranched alkanes of at least 4 members (excludes halogenated alkanes) is 20. The lowest BCUT2D eigenvalue weighted by atomic mass is 10.0. The van der Waals surface area contributed by atoms with Gasteiger partial charge in [0, 0.05) is 26.2 Å². The standard InChI is InChI=1S/C38H76N2O4/c1-5-7-9-11-13-15-16-17-18-19-20-22-24-26-28-36(4)44-38(42)30-32-40-34-33-39-31-29-37(41)43-35(3)27-25-23-21-14-12-10-8-6-2/h35-36,39-40H,5-34H2,1-4H3. The molecule has 0 aromatic carbocycles. The number of carbonyl (C=O) groups is 2. The molecule has 0 fully saturated rings. The van der Waals surface area contributed by atoms with Crippen molar-refractivity contribution in [3.63, 3.8) is 0 Å². The van der Waals surface area contributed by atoms with E-state index in [1.54, 1.807) is 0 Å². The molecule has 2 unspecified atom stereocenters. The van der Waals surface area contributed by atoms with Crippen LogP contribution in [-0.4, -0.2) is 50.3 Å². The first-order valence-electron chi connectivity index (χ1n) is 19.3. The van der Waals surface area contributed by atoms with E-state index in [2.05, 4.69) is 24.5 Å². The zero-order valence-corrected chi connectivity index (χ0v) is 30.0. The van der Waals surface area contributed by atoms with E-state index in [4.69, 9.17) is 9.47 Å².